The number of carbonyl (C=O) groups is 2. The number of hydrogen-bond acceptors (Lipinski definition) is 2. The first kappa shape index (κ1) is 10.7. The maximum atomic E-state index is 11.3. The summed E-state index contributed by atoms with van der Waals surface area (Å²) in [5.74, 6) is -2.54. The van der Waals surface area contributed by atoms with Gasteiger partial charge in [-0.1, -0.05) is 24.3 Å². The number of hydrogen-bond donors (Lipinski definition) is 2. The molecule has 4 heteroatoms. The van der Waals surface area contributed by atoms with Crippen LogP contribution in [0.2, 0.25) is 0 Å². The van der Waals surface area contributed by atoms with Crippen molar-refractivity contribution >= 4 is 11.9 Å². The molecule has 0 aromatic heterocycles. The second-order valence-electron chi connectivity index (χ2n) is 4.03. The first-order valence-corrected chi connectivity index (χ1v) is 5.14. The van der Waals surface area contributed by atoms with Crippen molar-refractivity contribution < 1.29 is 19.8 Å². The first-order valence-electron chi connectivity index (χ1n) is 5.14. The predicted octanol–water partition coefficient (Wildman–Crippen LogP) is 1.43. The van der Waals surface area contributed by atoms with E-state index in [1.807, 2.05) is 0 Å². The lowest BCUT2D eigenvalue weighted by molar-refractivity contribution is -0.158. The number of aryl methyl sites for hydroxylation is 1. The molecule has 1 aliphatic carbocycles. The molecule has 1 aromatic carbocycles. The highest BCUT2D eigenvalue weighted by atomic mass is 16.4. The Bertz CT molecular complexity index is 436. The summed E-state index contributed by atoms with van der Waals surface area (Å²) < 4.78 is 0. The Labute approximate surface area is 92.5 Å². The minimum absolute atomic E-state index is 0.161. The van der Waals surface area contributed by atoms with E-state index in [9.17, 15) is 19.8 Å². The van der Waals surface area contributed by atoms with Gasteiger partial charge in [0.25, 0.3) is 0 Å². The SMILES string of the molecule is O=C(O)C1(C(=O)O)CCCc2ccccc21. The average Bonchev–Trinajstić information content (AvgIpc) is 2.27. The van der Waals surface area contributed by atoms with Crippen LogP contribution in [0.15, 0.2) is 24.3 Å². The molecule has 0 amide bonds. The molecule has 2 rings (SSSR count). The van der Waals surface area contributed by atoms with Gasteiger partial charge in [0.05, 0.1) is 0 Å². The van der Waals surface area contributed by atoms with Gasteiger partial charge in [-0.2, -0.15) is 0 Å². The van der Waals surface area contributed by atoms with Crippen LogP contribution in [-0.2, 0) is 21.4 Å². The maximum Gasteiger partial charge on any atom is 0.325 e. The molecular formula is C12H12O4. The van der Waals surface area contributed by atoms with Crippen LogP contribution in [-0.4, -0.2) is 22.2 Å². The Kier molecular flexibility index (Phi) is 2.42. The zero-order valence-corrected chi connectivity index (χ0v) is 8.64. The van der Waals surface area contributed by atoms with Crippen LogP contribution in [0.3, 0.4) is 0 Å². The summed E-state index contributed by atoms with van der Waals surface area (Å²) >= 11 is 0. The van der Waals surface area contributed by atoms with Crippen LogP contribution >= 0.6 is 0 Å². The molecule has 0 unspecified atom stereocenters. The molecule has 4 nitrogen and oxygen atoms in total. The monoisotopic (exact) mass is 220 g/mol. The standard InChI is InChI=1S/C12H12O4/c13-10(14)12(11(15)16)7-3-5-8-4-1-2-6-9(8)12/h1-2,4,6H,3,5,7H2,(H,13,14)(H,15,16). The van der Waals surface area contributed by atoms with Gasteiger partial charge in [0.2, 0.25) is 0 Å². The van der Waals surface area contributed by atoms with E-state index in [0.29, 0.717) is 12.0 Å². The number of aliphatic carboxylic acids is 2. The van der Waals surface area contributed by atoms with Gasteiger partial charge in [0.1, 0.15) is 0 Å². The predicted molar refractivity (Wildman–Crippen MR) is 56.3 cm³/mol. The fourth-order valence-corrected chi connectivity index (χ4v) is 2.37. The quantitative estimate of drug-likeness (QED) is 0.739. The van der Waals surface area contributed by atoms with Crippen molar-refractivity contribution in [2.75, 3.05) is 0 Å². The molecule has 16 heavy (non-hydrogen) atoms. The summed E-state index contributed by atoms with van der Waals surface area (Å²) in [4.78, 5) is 22.6. The van der Waals surface area contributed by atoms with Gasteiger partial charge in [0.15, 0.2) is 5.41 Å². The van der Waals surface area contributed by atoms with E-state index in [4.69, 9.17) is 0 Å². The molecule has 0 heterocycles. The van der Waals surface area contributed by atoms with Crippen molar-refractivity contribution in [1.29, 1.82) is 0 Å². The molecule has 1 aromatic rings. The lowest BCUT2D eigenvalue weighted by atomic mass is 9.70. The van der Waals surface area contributed by atoms with Crippen molar-refractivity contribution in [3.8, 4) is 0 Å². The van der Waals surface area contributed by atoms with E-state index < -0.39 is 17.4 Å². The van der Waals surface area contributed by atoms with E-state index in [2.05, 4.69) is 0 Å². The van der Waals surface area contributed by atoms with Gasteiger partial charge < -0.3 is 10.2 Å². The van der Waals surface area contributed by atoms with Crippen LogP contribution in [0.25, 0.3) is 0 Å². The molecule has 84 valence electrons. The Morgan fingerprint density at radius 1 is 1.12 bits per heavy atom. The summed E-state index contributed by atoms with van der Waals surface area (Å²) in [5, 5.41) is 18.5. The average molecular weight is 220 g/mol. The molecule has 0 saturated heterocycles. The van der Waals surface area contributed by atoms with Gasteiger partial charge in [-0.3, -0.25) is 9.59 Å². The van der Waals surface area contributed by atoms with Crippen molar-refractivity contribution in [2.45, 2.75) is 24.7 Å². The Morgan fingerprint density at radius 3 is 2.38 bits per heavy atom. The molecule has 0 bridgehead atoms. The highest BCUT2D eigenvalue weighted by molar-refractivity contribution is 6.05. The lowest BCUT2D eigenvalue weighted by Crippen LogP contribution is -2.46. The topological polar surface area (TPSA) is 74.6 Å². The van der Waals surface area contributed by atoms with E-state index in [1.54, 1.807) is 24.3 Å². The number of benzene rings is 1. The second-order valence-corrected chi connectivity index (χ2v) is 4.03. The normalized spacial score (nSPS) is 17.5. The minimum atomic E-state index is -1.76. The molecule has 1 aliphatic rings. The number of carboxylic acids is 2. The first-order chi connectivity index (χ1) is 7.59. The van der Waals surface area contributed by atoms with Gasteiger partial charge in [-0.05, 0) is 30.4 Å². The third-order valence-electron chi connectivity index (χ3n) is 3.21. The van der Waals surface area contributed by atoms with Crippen molar-refractivity contribution in [3.63, 3.8) is 0 Å². The molecule has 2 N–H and O–H groups in total. The zero-order valence-electron chi connectivity index (χ0n) is 8.64. The Morgan fingerprint density at radius 2 is 1.75 bits per heavy atom. The van der Waals surface area contributed by atoms with Gasteiger partial charge >= 0.3 is 11.9 Å². The number of fused-ring (bicyclic) bond motifs is 1. The smallest absolute Gasteiger partial charge is 0.325 e. The van der Waals surface area contributed by atoms with Gasteiger partial charge in [-0.15, -0.1) is 0 Å². The highest BCUT2D eigenvalue weighted by Crippen LogP contribution is 2.37. The van der Waals surface area contributed by atoms with Crippen LogP contribution < -0.4 is 0 Å². The fourth-order valence-electron chi connectivity index (χ4n) is 2.37. The van der Waals surface area contributed by atoms with Gasteiger partial charge in [-0.25, -0.2) is 0 Å². The molecule has 0 atom stereocenters. The Balaban J connectivity index is 2.66. The summed E-state index contributed by atoms with van der Waals surface area (Å²) in [5.41, 5.74) is -0.491. The largest absolute Gasteiger partial charge is 0.480 e. The zero-order chi connectivity index (χ0) is 11.8. The fraction of sp³-hybridized carbons (Fsp3) is 0.333. The summed E-state index contributed by atoms with van der Waals surface area (Å²) in [6.07, 6.45) is 1.50. The van der Waals surface area contributed by atoms with E-state index in [-0.39, 0.29) is 6.42 Å². The van der Waals surface area contributed by atoms with E-state index in [0.717, 1.165) is 12.0 Å². The van der Waals surface area contributed by atoms with E-state index in [1.165, 1.54) is 0 Å². The highest BCUT2D eigenvalue weighted by Gasteiger charge is 2.50. The summed E-state index contributed by atoms with van der Waals surface area (Å²) in [6.45, 7) is 0. The van der Waals surface area contributed by atoms with Crippen molar-refractivity contribution in [2.24, 2.45) is 0 Å². The molecule has 0 saturated carbocycles. The van der Waals surface area contributed by atoms with Crippen LogP contribution in [0, 0.1) is 0 Å². The van der Waals surface area contributed by atoms with Crippen molar-refractivity contribution in [3.05, 3.63) is 35.4 Å². The van der Waals surface area contributed by atoms with Crippen molar-refractivity contribution in [1.82, 2.24) is 0 Å². The number of carboxylic acid groups (broad SMARTS) is 2. The lowest BCUT2D eigenvalue weighted by Gasteiger charge is -2.31. The molecule has 0 radical (unpaired) electrons. The van der Waals surface area contributed by atoms with Crippen LogP contribution in [0.4, 0.5) is 0 Å². The maximum absolute atomic E-state index is 11.3. The molecule has 0 fully saturated rings. The summed E-state index contributed by atoms with van der Waals surface area (Å²) in [6, 6.07) is 6.90. The van der Waals surface area contributed by atoms with Crippen LogP contribution in [0.5, 0.6) is 0 Å². The Hall–Kier alpha value is -1.84. The van der Waals surface area contributed by atoms with Crippen LogP contribution in [0.1, 0.15) is 24.0 Å². The third kappa shape index (κ3) is 1.30. The minimum Gasteiger partial charge on any atom is -0.480 e. The molecule has 0 spiro atoms. The molecule has 0 aliphatic heterocycles. The summed E-state index contributed by atoms with van der Waals surface area (Å²) in [7, 11) is 0. The third-order valence-corrected chi connectivity index (χ3v) is 3.21. The van der Waals surface area contributed by atoms with Gasteiger partial charge in [0, 0.05) is 0 Å². The number of rotatable bonds is 2. The van der Waals surface area contributed by atoms with E-state index >= 15 is 0 Å². The second kappa shape index (κ2) is 3.63. The molecular weight excluding hydrogens is 208 g/mol.